The summed E-state index contributed by atoms with van der Waals surface area (Å²) < 4.78 is 0. The predicted molar refractivity (Wildman–Crippen MR) is 81.0 cm³/mol. The summed E-state index contributed by atoms with van der Waals surface area (Å²) in [7, 11) is 0. The summed E-state index contributed by atoms with van der Waals surface area (Å²) in [6.07, 6.45) is 0. The second kappa shape index (κ2) is 5.65. The number of carbonyl (C=O) groups is 1. The van der Waals surface area contributed by atoms with Gasteiger partial charge >= 0.3 is 6.03 Å². The van der Waals surface area contributed by atoms with E-state index >= 15 is 0 Å². The molecule has 0 atom stereocenters. The molecule has 0 radical (unpaired) electrons. The normalized spacial score (nSPS) is 14.2. The van der Waals surface area contributed by atoms with Crippen LogP contribution in [0.3, 0.4) is 0 Å². The maximum absolute atomic E-state index is 11.7. The SMILES string of the molecule is O=C1NCCN1c1cccc(NCc2ccccc2)c1. The number of carbonyl (C=O) groups excluding carboxylic acids is 1. The Hall–Kier alpha value is -2.49. The maximum atomic E-state index is 11.7. The minimum Gasteiger partial charge on any atom is -0.381 e. The van der Waals surface area contributed by atoms with Crippen molar-refractivity contribution in [2.45, 2.75) is 6.54 Å². The molecule has 1 aliphatic heterocycles. The van der Waals surface area contributed by atoms with Crippen molar-refractivity contribution >= 4 is 17.4 Å². The maximum Gasteiger partial charge on any atom is 0.321 e. The molecule has 3 rings (SSSR count). The number of benzene rings is 2. The summed E-state index contributed by atoms with van der Waals surface area (Å²) in [4.78, 5) is 13.4. The fourth-order valence-corrected chi connectivity index (χ4v) is 2.30. The highest BCUT2D eigenvalue weighted by Gasteiger charge is 2.20. The summed E-state index contributed by atoms with van der Waals surface area (Å²) in [6.45, 7) is 2.21. The van der Waals surface area contributed by atoms with Gasteiger partial charge in [0.15, 0.2) is 0 Å². The summed E-state index contributed by atoms with van der Waals surface area (Å²) in [5.41, 5.74) is 3.18. The van der Waals surface area contributed by atoms with Gasteiger partial charge in [0, 0.05) is 31.0 Å². The van der Waals surface area contributed by atoms with Crippen molar-refractivity contribution in [2.24, 2.45) is 0 Å². The Morgan fingerprint density at radius 3 is 2.70 bits per heavy atom. The van der Waals surface area contributed by atoms with Crippen molar-refractivity contribution in [1.29, 1.82) is 0 Å². The molecule has 4 heteroatoms. The number of urea groups is 1. The van der Waals surface area contributed by atoms with E-state index in [2.05, 4.69) is 22.8 Å². The largest absolute Gasteiger partial charge is 0.381 e. The smallest absolute Gasteiger partial charge is 0.321 e. The lowest BCUT2D eigenvalue weighted by molar-refractivity contribution is 0.252. The quantitative estimate of drug-likeness (QED) is 0.894. The van der Waals surface area contributed by atoms with Crippen LogP contribution in [0, 0.1) is 0 Å². The zero-order valence-corrected chi connectivity index (χ0v) is 11.2. The van der Waals surface area contributed by atoms with E-state index in [1.165, 1.54) is 5.56 Å². The number of hydrogen-bond acceptors (Lipinski definition) is 2. The Kier molecular flexibility index (Phi) is 3.54. The first kappa shape index (κ1) is 12.5. The van der Waals surface area contributed by atoms with Gasteiger partial charge in [-0.1, -0.05) is 36.4 Å². The van der Waals surface area contributed by atoms with Crippen LogP contribution in [0.5, 0.6) is 0 Å². The highest BCUT2D eigenvalue weighted by atomic mass is 16.2. The molecule has 2 aromatic rings. The molecular weight excluding hydrogens is 250 g/mol. The summed E-state index contributed by atoms with van der Waals surface area (Å²) >= 11 is 0. The average molecular weight is 267 g/mol. The van der Waals surface area contributed by atoms with E-state index in [1.807, 2.05) is 42.5 Å². The van der Waals surface area contributed by atoms with Crippen LogP contribution >= 0.6 is 0 Å². The van der Waals surface area contributed by atoms with Gasteiger partial charge in [-0.25, -0.2) is 4.79 Å². The van der Waals surface area contributed by atoms with Gasteiger partial charge in [0.05, 0.1) is 0 Å². The molecule has 0 aliphatic carbocycles. The highest BCUT2D eigenvalue weighted by molar-refractivity contribution is 5.94. The molecule has 0 spiro atoms. The molecule has 2 aromatic carbocycles. The van der Waals surface area contributed by atoms with Crippen molar-refractivity contribution < 1.29 is 4.79 Å². The standard InChI is InChI=1S/C16H17N3O/c20-16-17-9-10-19(16)15-8-4-7-14(11-15)18-12-13-5-2-1-3-6-13/h1-8,11,18H,9-10,12H2,(H,17,20). The van der Waals surface area contributed by atoms with E-state index < -0.39 is 0 Å². The van der Waals surface area contributed by atoms with Crippen LogP contribution in [-0.2, 0) is 6.54 Å². The number of rotatable bonds is 4. The summed E-state index contributed by atoms with van der Waals surface area (Å²) in [6, 6.07) is 18.2. The Bertz CT molecular complexity index is 598. The monoisotopic (exact) mass is 267 g/mol. The third kappa shape index (κ3) is 2.74. The molecule has 0 aromatic heterocycles. The topological polar surface area (TPSA) is 44.4 Å². The van der Waals surface area contributed by atoms with Crippen molar-refractivity contribution in [2.75, 3.05) is 23.3 Å². The van der Waals surface area contributed by atoms with Crippen molar-refractivity contribution in [3.8, 4) is 0 Å². The number of anilines is 2. The Labute approximate surface area is 118 Å². The van der Waals surface area contributed by atoms with Gasteiger partial charge in [0.25, 0.3) is 0 Å². The summed E-state index contributed by atoms with van der Waals surface area (Å²) in [5.74, 6) is 0. The number of nitrogens with one attached hydrogen (secondary N) is 2. The molecule has 4 nitrogen and oxygen atoms in total. The zero-order valence-electron chi connectivity index (χ0n) is 11.2. The second-order valence-electron chi connectivity index (χ2n) is 4.77. The molecule has 2 N–H and O–H groups in total. The molecule has 1 heterocycles. The zero-order chi connectivity index (χ0) is 13.8. The van der Waals surface area contributed by atoms with Crippen LogP contribution in [0.2, 0.25) is 0 Å². The van der Waals surface area contributed by atoms with E-state index in [9.17, 15) is 4.79 Å². The average Bonchev–Trinajstić information content (AvgIpc) is 2.93. The third-order valence-electron chi connectivity index (χ3n) is 3.35. The van der Waals surface area contributed by atoms with Gasteiger partial charge in [-0.05, 0) is 23.8 Å². The van der Waals surface area contributed by atoms with Crippen LogP contribution in [0.15, 0.2) is 54.6 Å². The van der Waals surface area contributed by atoms with Crippen LogP contribution in [0.1, 0.15) is 5.56 Å². The molecule has 102 valence electrons. The van der Waals surface area contributed by atoms with Crippen molar-refractivity contribution in [3.63, 3.8) is 0 Å². The van der Waals surface area contributed by atoms with Crippen molar-refractivity contribution in [3.05, 3.63) is 60.2 Å². The lowest BCUT2D eigenvalue weighted by Crippen LogP contribution is -2.27. The first-order chi connectivity index (χ1) is 9.83. The molecule has 1 fully saturated rings. The fourth-order valence-electron chi connectivity index (χ4n) is 2.30. The number of nitrogens with zero attached hydrogens (tertiary/aromatic N) is 1. The van der Waals surface area contributed by atoms with Gasteiger partial charge in [-0.3, -0.25) is 4.90 Å². The van der Waals surface area contributed by atoms with E-state index in [0.717, 1.165) is 24.5 Å². The van der Waals surface area contributed by atoms with Crippen LogP contribution in [0.4, 0.5) is 16.2 Å². The Morgan fingerprint density at radius 2 is 1.95 bits per heavy atom. The predicted octanol–water partition coefficient (Wildman–Crippen LogP) is 2.83. The Balaban J connectivity index is 1.70. The third-order valence-corrected chi connectivity index (χ3v) is 3.35. The first-order valence-corrected chi connectivity index (χ1v) is 6.76. The van der Waals surface area contributed by atoms with Gasteiger partial charge in [0.2, 0.25) is 0 Å². The van der Waals surface area contributed by atoms with Crippen molar-refractivity contribution in [1.82, 2.24) is 5.32 Å². The van der Waals surface area contributed by atoms with Gasteiger partial charge in [-0.2, -0.15) is 0 Å². The van der Waals surface area contributed by atoms with E-state index in [0.29, 0.717) is 6.54 Å². The van der Waals surface area contributed by atoms with Gasteiger partial charge < -0.3 is 10.6 Å². The lowest BCUT2D eigenvalue weighted by Gasteiger charge is -2.16. The molecule has 2 amide bonds. The minimum atomic E-state index is -0.0230. The Morgan fingerprint density at radius 1 is 1.10 bits per heavy atom. The molecular formula is C16H17N3O. The molecule has 0 unspecified atom stereocenters. The second-order valence-corrected chi connectivity index (χ2v) is 4.77. The van der Waals surface area contributed by atoms with Gasteiger partial charge in [-0.15, -0.1) is 0 Å². The number of amides is 2. The van der Waals surface area contributed by atoms with E-state index in [4.69, 9.17) is 0 Å². The molecule has 20 heavy (non-hydrogen) atoms. The number of hydrogen-bond donors (Lipinski definition) is 2. The minimum absolute atomic E-state index is 0.0230. The van der Waals surface area contributed by atoms with E-state index in [-0.39, 0.29) is 6.03 Å². The lowest BCUT2D eigenvalue weighted by atomic mass is 10.2. The molecule has 0 bridgehead atoms. The molecule has 1 aliphatic rings. The summed E-state index contributed by atoms with van der Waals surface area (Å²) in [5, 5.41) is 6.19. The molecule has 1 saturated heterocycles. The fraction of sp³-hybridized carbons (Fsp3) is 0.188. The van der Waals surface area contributed by atoms with Crippen LogP contribution in [0.25, 0.3) is 0 Å². The van der Waals surface area contributed by atoms with E-state index in [1.54, 1.807) is 4.90 Å². The van der Waals surface area contributed by atoms with Crippen LogP contribution in [-0.4, -0.2) is 19.1 Å². The first-order valence-electron chi connectivity index (χ1n) is 6.76. The van der Waals surface area contributed by atoms with Crippen LogP contribution < -0.4 is 15.5 Å². The van der Waals surface area contributed by atoms with Gasteiger partial charge in [0.1, 0.15) is 0 Å². The highest BCUT2D eigenvalue weighted by Crippen LogP contribution is 2.21. The molecule has 0 saturated carbocycles.